The number of halogens is 2. The fraction of sp³-hybridized carbons (Fsp3) is 0.235. The molecule has 0 aromatic heterocycles. The van der Waals surface area contributed by atoms with Gasteiger partial charge in [-0.05, 0) is 51.7 Å². The molecule has 2 aromatic carbocycles. The van der Waals surface area contributed by atoms with Gasteiger partial charge in [-0.15, -0.1) is 0 Å². The first-order valence-electron chi connectivity index (χ1n) is 6.94. The van der Waals surface area contributed by atoms with Gasteiger partial charge in [-0.1, -0.05) is 48.0 Å². The molecule has 0 bridgehead atoms. The van der Waals surface area contributed by atoms with Crippen LogP contribution in [0.1, 0.15) is 25.3 Å². The van der Waals surface area contributed by atoms with Crippen LogP contribution in [-0.4, -0.2) is 12.5 Å². The Labute approximate surface area is 147 Å². The summed E-state index contributed by atoms with van der Waals surface area (Å²) < 4.78 is 7.30. The van der Waals surface area contributed by atoms with Crippen molar-refractivity contribution in [1.29, 1.82) is 0 Å². The van der Waals surface area contributed by atoms with Crippen molar-refractivity contribution in [2.45, 2.75) is 19.8 Å². The minimum atomic E-state index is -0.178. The van der Waals surface area contributed by atoms with Gasteiger partial charge in [0.15, 0.2) is 6.61 Å². The number of para-hydroxylation sites is 1. The molecule has 0 heterocycles. The van der Waals surface area contributed by atoms with Gasteiger partial charge in [0.05, 0.1) is 4.47 Å². The third-order valence-corrected chi connectivity index (χ3v) is 4.22. The van der Waals surface area contributed by atoms with Gasteiger partial charge in [0.25, 0.3) is 5.91 Å². The molecule has 1 N–H and O–H groups in total. The van der Waals surface area contributed by atoms with Gasteiger partial charge < -0.3 is 10.1 Å². The molecule has 0 atom stereocenters. The van der Waals surface area contributed by atoms with Crippen LogP contribution < -0.4 is 10.1 Å². The largest absolute Gasteiger partial charge is 0.483 e. The van der Waals surface area contributed by atoms with Crippen LogP contribution in [0.25, 0.3) is 0 Å². The topological polar surface area (TPSA) is 38.3 Å². The van der Waals surface area contributed by atoms with E-state index in [1.165, 1.54) is 0 Å². The predicted octanol–water partition coefficient (Wildman–Crippen LogP) is 5.35. The number of anilines is 1. The monoisotopic (exact) mass is 425 g/mol. The normalized spacial score (nSPS) is 10.6. The number of carbonyl (C=O) groups excluding carboxylic acids is 1. The maximum Gasteiger partial charge on any atom is 0.262 e. The van der Waals surface area contributed by atoms with Crippen molar-refractivity contribution in [2.24, 2.45) is 0 Å². The fourth-order valence-corrected chi connectivity index (χ4v) is 3.20. The first kappa shape index (κ1) is 17.0. The summed E-state index contributed by atoms with van der Waals surface area (Å²) in [5.74, 6) is 0.802. The van der Waals surface area contributed by atoms with Gasteiger partial charge in [-0.2, -0.15) is 0 Å². The maximum absolute atomic E-state index is 12.1. The lowest BCUT2D eigenvalue weighted by Gasteiger charge is -2.14. The van der Waals surface area contributed by atoms with Gasteiger partial charge in [-0.3, -0.25) is 4.79 Å². The molecule has 0 fully saturated rings. The first-order valence-corrected chi connectivity index (χ1v) is 8.52. The number of carbonyl (C=O) groups is 1. The van der Waals surface area contributed by atoms with E-state index in [1.54, 1.807) is 0 Å². The molecule has 2 rings (SSSR count). The average molecular weight is 427 g/mol. The zero-order chi connectivity index (χ0) is 16.1. The van der Waals surface area contributed by atoms with Crippen LogP contribution in [0.15, 0.2) is 51.4 Å². The lowest BCUT2D eigenvalue weighted by Crippen LogP contribution is -2.21. The molecule has 2 aromatic rings. The molecule has 1 amide bonds. The second-order valence-electron chi connectivity index (χ2n) is 5.15. The van der Waals surface area contributed by atoms with Crippen molar-refractivity contribution < 1.29 is 9.53 Å². The standard InChI is InChI=1S/C17H17Br2NO2/c1-11(2)13-5-3-4-6-15(13)20-17(21)10-22-16-8-7-12(18)9-14(16)19/h3-9,11H,10H2,1-2H3,(H,20,21). The van der Waals surface area contributed by atoms with E-state index in [1.807, 2.05) is 42.5 Å². The van der Waals surface area contributed by atoms with Crippen molar-refractivity contribution in [3.05, 3.63) is 57.0 Å². The molecule has 22 heavy (non-hydrogen) atoms. The molecule has 0 aliphatic heterocycles. The highest BCUT2D eigenvalue weighted by molar-refractivity contribution is 9.11. The van der Waals surface area contributed by atoms with E-state index in [2.05, 4.69) is 51.0 Å². The Morgan fingerprint density at radius 2 is 1.91 bits per heavy atom. The summed E-state index contributed by atoms with van der Waals surface area (Å²) in [7, 11) is 0. The molecule has 0 saturated carbocycles. The Bertz CT molecular complexity index is 671. The number of hydrogen-bond donors (Lipinski definition) is 1. The van der Waals surface area contributed by atoms with Gasteiger partial charge in [0.2, 0.25) is 0 Å². The zero-order valence-electron chi connectivity index (χ0n) is 12.4. The van der Waals surface area contributed by atoms with E-state index >= 15 is 0 Å². The second kappa shape index (κ2) is 7.79. The van der Waals surface area contributed by atoms with Crippen LogP contribution in [0, 0.1) is 0 Å². The summed E-state index contributed by atoms with van der Waals surface area (Å²) in [5, 5.41) is 2.90. The number of nitrogens with one attached hydrogen (secondary N) is 1. The summed E-state index contributed by atoms with van der Waals surface area (Å²) in [6.07, 6.45) is 0. The summed E-state index contributed by atoms with van der Waals surface area (Å²) in [6, 6.07) is 13.4. The van der Waals surface area contributed by atoms with E-state index in [4.69, 9.17) is 4.74 Å². The summed E-state index contributed by atoms with van der Waals surface area (Å²) >= 11 is 6.79. The Morgan fingerprint density at radius 3 is 2.59 bits per heavy atom. The fourth-order valence-electron chi connectivity index (χ4n) is 2.04. The smallest absolute Gasteiger partial charge is 0.262 e. The minimum Gasteiger partial charge on any atom is -0.483 e. The van der Waals surface area contributed by atoms with Gasteiger partial charge >= 0.3 is 0 Å². The van der Waals surface area contributed by atoms with Crippen molar-refractivity contribution in [3.63, 3.8) is 0 Å². The molecule has 116 valence electrons. The number of amides is 1. The highest BCUT2D eigenvalue weighted by Crippen LogP contribution is 2.28. The number of rotatable bonds is 5. The van der Waals surface area contributed by atoms with Crippen LogP contribution in [0.4, 0.5) is 5.69 Å². The molecule has 0 radical (unpaired) electrons. The molecule has 5 heteroatoms. The minimum absolute atomic E-state index is 0.0351. The molecule has 0 aliphatic rings. The van der Waals surface area contributed by atoms with E-state index in [0.29, 0.717) is 11.7 Å². The van der Waals surface area contributed by atoms with Crippen LogP contribution in [0.3, 0.4) is 0 Å². The lowest BCUT2D eigenvalue weighted by atomic mass is 10.0. The maximum atomic E-state index is 12.1. The Kier molecular flexibility index (Phi) is 6.03. The first-order chi connectivity index (χ1) is 10.5. The van der Waals surface area contributed by atoms with Crippen molar-refractivity contribution in [2.75, 3.05) is 11.9 Å². The van der Waals surface area contributed by atoms with Crippen LogP contribution in [0.2, 0.25) is 0 Å². The zero-order valence-corrected chi connectivity index (χ0v) is 15.6. The van der Waals surface area contributed by atoms with Gasteiger partial charge in [0, 0.05) is 10.2 Å². The van der Waals surface area contributed by atoms with Crippen LogP contribution in [0.5, 0.6) is 5.75 Å². The third-order valence-electron chi connectivity index (χ3n) is 3.11. The van der Waals surface area contributed by atoms with Crippen molar-refractivity contribution in [1.82, 2.24) is 0 Å². The van der Waals surface area contributed by atoms with Gasteiger partial charge in [0.1, 0.15) is 5.75 Å². The van der Waals surface area contributed by atoms with Crippen molar-refractivity contribution >= 4 is 43.5 Å². The summed E-state index contributed by atoms with van der Waals surface area (Å²) in [6.45, 7) is 4.16. The third kappa shape index (κ3) is 4.58. The predicted molar refractivity (Wildman–Crippen MR) is 96.5 cm³/mol. The second-order valence-corrected chi connectivity index (χ2v) is 6.92. The molecule has 0 unspecified atom stereocenters. The van der Waals surface area contributed by atoms with E-state index < -0.39 is 0 Å². The van der Waals surface area contributed by atoms with Crippen LogP contribution in [-0.2, 0) is 4.79 Å². The Hall–Kier alpha value is -1.33. The lowest BCUT2D eigenvalue weighted by molar-refractivity contribution is -0.118. The molecule has 0 saturated heterocycles. The number of benzene rings is 2. The number of ether oxygens (including phenoxy) is 1. The Balaban J connectivity index is 1.99. The van der Waals surface area contributed by atoms with E-state index in [9.17, 15) is 4.79 Å². The molecular formula is C17H17Br2NO2. The molecule has 0 spiro atoms. The summed E-state index contributed by atoms with van der Waals surface area (Å²) in [4.78, 5) is 12.1. The molecular weight excluding hydrogens is 410 g/mol. The van der Waals surface area contributed by atoms with E-state index in [-0.39, 0.29) is 12.5 Å². The Morgan fingerprint density at radius 1 is 1.18 bits per heavy atom. The highest BCUT2D eigenvalue weighted by Gasteiger charge is 2.10. The highest BCUT2D eigenvalue weighted by atomic mass is 79.9. The number of hydrogen-bond acceptors (Lipinski definition) is 2. The average Bonchev–Trinajstić information content (AvgIpc) is 2.46. The molecule has 0 aliphatic carbocycles. The SMILES string of the molecule is CC(C)c1ccccc1NC(=O)COc1ccc(Br)cc1Br. The molecule has 3 nitrogen and oxygen atoms in total. The quantitative estimate of drug-likeness (QED) is 0.699. The van der Waals surface area contributed by atoms with E-state index in [0.717, 1.165) is 20.2 Å². The van der Waals surface area contributed by atoms with Crippen molar-refractivity contribution in [3.8, 4) is 5.75 Å². The van der Waals surface area contributed by atoms with Gasteiger partial charge in [-0.25, -0.2) is 0 Å². The van der Waals surface area contributed by atoms with Crippen LogP contribution >= 0.6 is 31.9 Å². The summed E-state index contributed by atoms with van der Waals surface area (Å²) in [5.41, 5.74) is 1.95.